The molecule has 2 aliphatic heterocycles. The lowest BCUT2D eigenvalue weighted by molar-refractivity contribution is -0.384. The highest BCUT2D eigenvalue weighted by atomic mass is 32.2. The summed E-state index contributed by atoms with van der Waals surface area (Å²) in [5, 5.41) is 13.8. The SMILES string of the molecule is CCc1ccc(NC(=O)CN2CN(c3ccccc3)C3(CCN(S(=O)(=O)c4ccc([N+](=O)[O-])cc4)CC3)C2=O)cc1. The first-order valence-corrected chi connectivity index (χ1v) is 14.8. The number of amides is 2. The van der Waals surface area contributed by atoms with Crippen LogP contribution in [0.15, 0.2) is 83.8 Å². The van der Waals surface area contributed by atoms with Crippen LogP contribution < -0.4 is 10.2 Å². The summed E-state index contributed by atoms with van der Waals surface area (Å²) in [7, 11) is -3.92. The van der Waals surface area contributed by atoms with E-state index < -0.39 is 20.5 Å². The van der Waals surface area contributed by atoms with Gasteiger partial charge in [0.25, 0.3) is 5.69 Å². The minimum Gasteiger partial charge on any atom is -0.339 e. The summed E-state index contributed by atoms with van der Waals surface area (Å²) in [6.45, 7) is 2.28. The number of anilines is 2. The summed E-state index contributed by atoms with van der Waals surface area (Å²) < 4.78 is 28.0. The van der Waals surface area contributed by atoms with Gasteiger partial charge in [-0.3, -0.25) is 19.7 Å². The summed E-state index contributed by atoms with van der Waals surface area (Å²) in [6, 6.07) is 21.8. The van der Waals surface area contributed by atoms with Crippen molar-refractivity contribution in [3.8, 4) is 0 Å². The zero-order valence-corrected chi connectivity index (χ0v) is 23.4. The summed E-state index contributed by atoms with van der Waals surface area (Å²) in [5.74, 6) is -0.531. The molecule has 0 radical (unpaired) electrons. The van der Waals surface area contributed by atoms with E-state index in [1.54, 1.807) is 0 Å². The Morgan fingerprint density at radius 3 is 2.20 bits per heavy atom. The van der Waals surface area contributed by atoms with Gasteiger partial charge in [-0.2, -0.15) is 4.31 Å². The molecule has 41 heavy (non-hydrogen) atoms. The van der Waals surface area contributed by atoms with E-state index in [0.717, 1.165) is 29.8 Å². The van der Waals surface area contributed by atoms with E-state index in [1.165, 1.54) is 21.3 Å². The highest BCUT2D eigenvalue weighted by molar-refractivity contribution is 7.89. The predicted octanol–water partition coefficient (Wildman–Crippen LogP) is 3.63. The molecular formula is C29H31N5O6S. The molecule has 2 fully saturated rings. The van der Waals surface area contributed by atoms with Crippen molar-refractivity contribution in [1.29, 1.82) is 0 Å². The molecule has 1 N–H and O–H groups in total. The number of aryl methyl sites for hydroxylation is 1. The van der Waals surface area contributed by atoms with Crippen molar-refractivity contribution in [2.24, 2.45) is 0 Å². The second-order valence-electron chi connectivity index (χ2n) is 10.2. The third-order valence-electron chi connectivity index (χ3n) is 7.80. The number of nitro benzene ring substituents is 1. The second-order valence-corrected chi connectivity index (χ2v) is 12.1. The molecule has 2 aliphatic rings. The van der Waals surface area contributed by atoms with E-state index in [1.807, 2.05) is 59.5 Å². The van der Waals surface area contributed by atoms with Crippen molar-refractivity contribution in [3.05, 3.63) is 94.5 Å². The van der Waals surface area contributed by atoms with Gasteiger partial charge in [-0.1, -0.05) is 37.3 Å². The lowest BCUT2D eigenvalue weighted by Crippen LogP contribution is -2.57. The van der Waals surface area contributed by atoms with Crippen molar-refractivity contribution in [2.75, 3.05) is 36.5 Å². The average Bonchev–Trinajstić information content (AvgIpc) is 3.24. The maximum atomic E-state index is 13.9. The van der Waals surface area contributed by atoms with Crippen molar-refractivity contribution in [2.45, 2.75) is 36.6 Å². The predicted molar refractivity (Wildman–Crippen MR) is 154 cm³/mol. The van der Waals surface area contributed by atoms with E-state index >= 15 is 0 Å². The Labute approximate surface area is 238 Å². The van der Waals surface area contributed by atoms with Crippen LogP contribution in [0.4, 0.5) is 17.1 Å². The van der Waals surface area contributed by atoms with Gasteiger partial charge in [0.05, 0.1) is 16.5 Å². The molecule has 0 atom stereocenters. The third-order valence-corrected chi connectivity index (χ3v) is 9.71. The minimum absolute atomic E-state index is 0.0398. The standard InChI is InChI=1S/C29H31N5O6S/c1-2-22-8-10-23(11-9-22)30-27(35)20-31-21-33(24-6-4-3-5-7-24)29(28(31)36)16-18-32(19-17-29)41(39,40)26-14-12-25(13-15-26)34(37)38/h3-15H,2,16-21H2,1H3,(H,30,35). The molecule has 0 saturated carbocycles. The van der Waals surface area contributed by atoms with Gasteiger partial charge in [0.15, 0.2) is 0 Å². The Morgan fingerprint density at radius 2 is 1.61 bits per heavy atom. The Balaban J connectivity index is 1.34. The van der Waals surface area contributed by atoms with Crippen LogP contribution in [0.2, 0.25) is 0 Å². The van der Waals surface area contributed by atoms with E-state index in [2.05, 4.69) is 12.2 Å². The van der Waals surface area contributed by atoms with E-state index in [4.69, 9.17) is 0 Å². The molecule has 0 bridgehead atoms. The van der Waals surface area contributed by atoms with Crippen molar-refractivity contribution in [3.63, 3.8) is 0 Å². The van der Waals surface area contributed by atoms with Crippen LogP contribution in [0.3, 0.4) is 0 Å². The number of hydrogen-bond acceptors (Lipinski definition) is 7. The molecule has 11 nitrogen and oxygen atoms in total. The number of nitrogens with zero attached hydrogens (tertiary/aromatic N) is 4. The molecule has 0 aromatic heterocycles. The zero-order chi connectivity index (χ0) is 29.2. The molecule has 1 spiro atoms. The summed E-state index contributed by atoms with van der Waals surface area (Å²) in [4.78, 5) is 40.7. The zero-order valence-electron chi connectivity index (χ0n) is 22.6. The normalized spacial score (nSPS) is 17.1. The van der Waals surface area contributed by atoms with Crippen molar-refractivity contribution < 1.29 is 22.9 Å². The van der Waals surface area contributed by atoms with E-state index in [-0.39, 0.29) is 61.5 Å². The molecule has 2 amide bonds. The molecule has 0 unspecified atom stereocenters. The third kappa shape index (κ3) is 5.52. The van der Waals surface area contributed by atoms with Crippen LogP contribution in [0.1, 0.15) is 25.3 Å². The van der Waals surface area contributed by atoms with Gasteiger partial charge >= 0.3 is 0 Å². The number of carbonyl (C=O) groups excluding carboxylic acids is 2. The van der Waals surface area contributed by atoms with Gasteiger partial charge in [-0.05, 0) is 61.2 Å². The van der Waals surface area contributed by atoms with Gasteiger partial charge in [0, 0.05) is 36.6 Å². The van der Waals surface area contributed by atoms with Crippen molar-refractivity contribution >= 4 is 38.9 Å². The van der Waals surface area contributed by atoms with Gasteiger partial charge in [-0.15, -0.1) is 0 Å². The largest absolute Gasteiger partial charge is 0.339 e. The number of piperidine rings is 1. The Hall–Kier alpha value is -4.29. The average molecular weight is 578 g/mol. The minimum atomic E-state index is -3.92. The van der Waals surface area contributed by atoms with E-state index in [9.17, 15) is 28.1 Å². The van der Waals surface area contributed by atoms with Crippen LogP contribution in [0, 0.1) is 10.1 Å². The van der Waals surface area contributed by atoms with Gasteiger partial charge < -0.3 is 15.1 Å². The van der Waals surface area contributed by atoms with E-state index in [0.29, 0.717) is 5.69 Å². The Bertz CT molecular complexity index is 1540. The number of para-hydroxylation sites is 1. The van der Waals surface area contributed by atoms with Crippen LogP contribution in [0.5, 0.6) is 0 Å². The van der Waals surface area contributed by atoms with Gasteiger partial charge in [0.1, 0.15) is 12.1 Å². The maximum absolute atomic E-state index is 13.9. The van der Waals surface area contributed by atoms with Crippen LogP contribution >= 0.6 is 0 Å². The number of non-ortho nitro benzene ring substituents is 1. The summed E-state index contributed by atoms with van der Waals surface area (Å²) >= 11 is 0. The highest BCUT2D eigenvalue weighted by Crippen LogP contribution is 2.40. The number of sulfonamides is 1. The molecule has 2 saturated heterocycles. The lowest BCUT2D eigenvalue weighted by atomic mass is 9.86. The molecule has 5 rings (SSSR count). The molecule has 214 valence electrons. The maximum Gasteiger partial charge on any atom is 0.269 e. The first kappa shape index (κ1) is 28.2. The number of hydrogen-bond donors (Lipinski definition) is 1. The number of benzene rings is 3. The molecule has 0 aliphatic carbocycles. The molecular weight excluding hydrogens is 546 g/mol. The Morgan fingerprint density at radius 1 is 0.976 bits per heavy atom. The quantitative estimate of drug-likeness (QED) is 0.319. The van der Waals surface area contributed by atoms with Gasteiger partial charge in [0.2, 0.25) is 21.8 Å². The fourth-order valence-corrected chi connectivity index (χ4v) is 6.95. The summed E-state index contributed by atoms with van der Waals surface area (Å²) in [6.07, 6.45) is 1.34. The van der Waals surface area contributed by atoms with Gasteiger partial charge in [-0.25, -0.2) is 8.42 Å². The number of nitrogens with one attached hydrogen (secondary N) is 1. The number of rotatable bonds is 8. The van der Waals surface area contributed by atoms with Crippen LogP contribution in [-0.2, 0) is 26.0 Å². The first-order valence-electron chi connectivity index (χ1n) is 13.4. The molecule has 3 aromatic carbocycles. The smallest absolute Gasteiger partial charge is 0.269 e. The first-order chi connectivity index (χ1) is 19.6. The Kier molecular flexibility index (Phi) is 7.78. The number of nitro groups is 1. The lowest BCUT2D eigenvalue weighted by Gasteiger charge is -2.42. The fraction of sp³-hybridized carbons (Fsp3) is 0.310. The highest BCUT2D eigenvalue weighted by Gasteiger charge is 2.55. The number of carbonyl (C=O) groups is 2. The summed E-state index contributed by atoms with van der Waals surface area (Å²) in [5.41, 5.74) is 1.41. The van der Waals surface area contributed by atoms with Crippen LogP contribution in [-0.4, -0.2) is 66.2 Å². The second kappa shape index (κ2) is 11.3. The fourth-order valence-electron chi connectivity index (χ4n) is 5.51. The topological polar surface area (TPSA) is 133 Å². The van der Waals surface area contributed by atoms with Crippen LogP contribution in [0.25, 0.3) is 0 Å². The molecule has 2 heterocycles. The molecule has 12 heteroatoms. The van der Waals surface area contributed by atoms with Crippen molar-refractivity contribution in [1.82, 2.24) is 9.21 Å². The molecule has 3 aromatic rings. The monoisotopic (exact) mass is 577 g/mol.